The van der Waals surface area contributed by atoms with Crippen molar-refractivity contribution in [1.82, 2.24) is 10.3 Å². The second-order valence-electron chi connectivity index (χ2n) is 5.07. The Bertz CT molecular complexity index is 340. The fraction of sp³-hybridized carbons (Fsp3) is 0.750. The number of nitrogens with one attached hydrogen (secondary N) is 1. The summed E-state index contributed by atoms with van der Waals surface area (Å²) in [6, 6.07) is 0.629. The van der Waals surface area contributed by atoms with Gasteiger partial charge < -0.3 is 10.4 Å². The molecule has 1 aromatic rings. The maximum atomic E-state index is 9.55. The Labute approximate surface area is 111 Å². The first-order valence-electron chi connectivity index (χ1n) is 6.06. The Hall–Kier alpha value is -0.100. The first-order valence-corrected chi connectivity index (χ1v) is 7.82. The maximum absolute atomic E-state index is 9.55. The summed E-state index contributed by atoms with van der Waals surface area (Å²) in [5, 5.41) is 15.6. The third-order valence-corrected chi connectivity index (χ3v) is 4.95. The average molecular weight is 272 g/mol. The van der Waals surface area contributed by atoms with Crippen LogP contribution >= 0.6 is 23.1 Å². The summed E-state index contributed by atoms with van der Waals surface area (Å²) in [7, 11) is 0. The van der Waals surface area contributed by atoms with Gasteiger partial charge in [-0.05, 0) is 26.2 Å². The van der Waals surface area contributed by atoms with Crippen molar-refractivity contribution in [2.75, 3.05) is 6.61 Å². The molecule has 1 aliphatic carbocycles. The van der Waals surface area contributed by atoms with Gasteiger partial charge in [0, 0.05) is 28.4 Å². The molecule has 17 heavy (non-hydrogen) atoms. The summed E-state index contributed by atoms with van der Waals surface area (Å²) in [5.41, 5.74) is -0.148. The number of aliphatic hydroxyl groups excluding tert-OH is 1. The third kappa shape index (κ3) is 4.25. The molecule has 2 N–H and O–H groups in total. The van der Waals surface area contributed by atoms with E-state index in [4.69, 9.17) is 0 Å². The number of aliphatic hydroxyl groups is 1. The summed E-state index contributed by atoms with van der Waals surface area (Å²) in [6.45, 7) is 4.52. The van der Waals surface area contributed by atoms with Gasteiger partial charge in [0.2, 0.25) is 0 Å². The highest BCUT2D eigenvalue weighted by molar-refractivity contribution is 8.01. The number of hydrogen-bond donors (Lipinski definition) is 2. The molecule has 1 saturated carbocycles. The van der Waals surface area contributed by atoms with E-state index in [-0.39, 0.29) is 12.1 Å². The molecule has 5 heteroatoms. The van der Waals surface area contributed by atoms with E-state index in [1.165, 1.54) is 12.8 Å². The van der Waals surface area contributed by atoms with Gasteiger partial charge in [0.1, 0.15) is 4.34 Å². The minimum atomic E-state index is -0.148. The van der Waals surface area contributed by atoms with E-state index in [2.05, 4.69) is 24.1 Å². The zero-order valence-electron chi connectivity index (χ0n) is 10.3. The predicted molar refractivity (Wildman–Crippen MR) is 73.7 cm³/mol. The van der Waals surface area contributed by atoms with Crippen LogP contribution in [-0.4, -0.2) is 33.5 Å². The molecule has 0 amide bonds. The lowest BCUT2D eigenvalue weighted by Gasteiger charge is -2.31. The molecule has 0 bridgehead atoms. The third-order valence-electron chi connectivity index (χ3n) is 2.93. The fourth-order valence-electron chi connectivity index (χ4n) is 2.01. The van der Waals surface area contributed by atoms with Crippen LogP contribution in [0.25, 0.3) is 0 Å². The second-order valence-corrected chi connectivity index (χ2v) is 7.65. The molecule has 1 fully saturated rings. The van der Waals surface area contributed by atoms with Crippen molar-refractivity contribution in [3.05, 3.63) is 11.6 Å². The minimum Gasteiger partial charge on any atom is -0.394 e. The SMILES string of the molecule is CC(CC(C)(CO)NC1CC1)Sc1nccs1. The Balaban J connectivity index is 1.84. The molecule has 2 unspecified atom stereocenters. The highest BCUT2D eigenvalue weighted by Crippen LogP contribution is 2.31. The van der Waals surface area contributed by atoms with Crippen molar-refractivity contribution >= 4 is 23.1 Å². The molecule has 0 aromatic carbocycles. The lowest BCUT2D eigenvalue weighted by molar-refractivity contribution is 0.164. The maximum Gasteiger partial charge on any atom is 0.150 e. The van der Waals surface area contributed by atoms with E-state index < -0.39 is 0 Å². The molecule has 3 nitrogen and oxygen atoms in total. The molecule has 1 aromatic heterocycles. The Kier molecular flexibility index (Phi) is 4.47. The highest BCUT2D eigenvalue weighted by Gasteiger charge is 2.33. The first-order chi connectivity index (χ1) is 8.11. The lowest BCUT2D eigenvalue weighted by Crippen LogP contribution is -2.48. The summed E-state index contributed by atoms with van der Waals surface area (Å²) in [5.74, 6) is 0. The van der Waals surface area contributed by atoms with Crippen LogP contribution in [0.1, 0.15) is 33.1 Å². The molecule has 2 atom stereocenters. The number of thioether (sulfide) groups is 1. The van der Waals surface area contributed by atoms with Crippen LogP contribution < -0.4 is 5.32 Å². The summed E-state index contributed by atoms with van der Waals surface area (Å²) < 4.78 is 1.12. The monoisotopic (exact) mass is 272 g/mol. The molecule has 0 radical (unpaired) electrons. The smallest absolute Gasteiger partial charge is 0.150 e. The number of thiazole rings is 1. The van der Waals surface area contributed by atoms with E-state index in [0.717, 1.165) is 10.8 Å². The number of hydrogen-bond acceptors (Lipinski definition) is 5. The molecular formula is C12H20N2OS2. The second kappa shape index (κ2) is 5.69. The van der Waals surface area contributed by atoms with E-state index >= 15 is 0 Å². The number of aromatic nitrogens is 1. The number of rotatable bonds is 7. The molecule has 1 aliphatic rings. The molecule has 1 heterocycles. The lowest BCUT2D eigenvalue weighted by atomic mass is 9.97. The average Bonchev–Trinajstić information content (AvgIpc) is 2.92. The zero-order valence-corrected chi connectivity index (χ0v) is 12.0. The minimum absolute atomic E-state index is 0.148. The highest BCUT2D eigenvalue weighted by atomic mass is 32.2. The van der Waals surface area contributed by atoms with Gasteiger partial charge in [-0.15, -0.1) is 11.3 Å². The van der Waals surface area contributed by atoms with Gasteiger partial charge in [-0.3, -0.25) is 0 Å². The number of nitrogens with zero attached hydrogens (tertiary/aromatic N) is 1. The summed E-state index contributed by atoms with van der Waals surface area (Å²) in [6.07, 6.45) is 5.31. The van der Waals surface area contributed by atoms with Gasteiger partial charge in [0.05, 0.1) is 6.61 Å². The van der Waals surface area contributed by atoms with E-state index in [1.807, 2.05) is 11.6 Å². The van der Waals surface area contributed by atoms with Crippen LogP contribution in [0.15, 0.2) is 15.9 Å². The molecule has 0 saturated heterocycles. The van der Waals surface area contributed by atoms with Gasteiger partial charge in [-0.2, -0.15) is 0 Å². The van der Waals surface area contributed by atoms with Gasteiger partial charge in [0.15, 0.2) is 0 Å². The van der Waals surface area contributed by atoms with Crippen LogP contribution in [0.2, 0.25) is 0 Å². The van der Waals surface area contributed by atoms with Crippen molar-refractivity contribution in [2.24, 2.45) is 0 Å². The van der Waals surface area contributed by atoms with Gasteiger partial charge >= 0.3 is 0 Å². The standard InChI is InChI=1S/C12H20N2OS2/c1-9(17-11-13-5-6-16-11)7-12(2,8-15)14-10-3-4-10/h5-6,9-10,14-15H,3-4,7-8H2,1-2H3. The van der Waals surface area contributed by atoms with Crippen molar-refractivity contribution in [1.29, 1.82) is 0 Å². The normalized spacial score (nSPS) is 21.1. The van der Waals surface area contributed by atoms with Crippen molar-refractivity contribution < 1.29 is 5.11 Å². The van der Waals surface area contributed by atoms with Gasteiger partial charge in [-0.25, -0.2) is 4.98 Å². The Morgan fingerprint density at radius 1 is 1.71 bits per heavy atom. The molecular weight excluding hydrogens is 252 g/mol. The molecule has 96 valence electrons. The summed E-state index contributed by atoms with van der Waals surface area (Å²) >= 11 is 3.48. The van der Waals surface area contributed by atoms with Crippen LogP contribution in [0.5, 0.6) is 0 Å². The van der Waals surface area contributed by atoms with Crippen LogP contribution in [0.3, 0.4) is 0 Å². The van der Waals surface area contributed by atoms with Gasteiger partial charge in [0.25, 0.3) is 0 Å². The van der Waals surface area contributed by atoms with Crippen molar-refractivity contribution in [2.45, 2.75) is 54.3 Å². The van der Waals surface area contributed by atoms with Crippen LogP contribution in [-0.2, 0) is 0 Å². The molecule has 0 aliphatic heterocycles. The van der Waals surface area contributed by atoms with Crippen LogP contribution in [0.4, 0.5) is 0 Å². The quantitative estimate of drug-likeness (QED) is 0.749. The predicted octanol–water partition coefficient (Wildman–Crippen LogP) is 2.52. The first kappa shape index (κ1) is 13.3. The van der Waals surface area contributed by atoms with Gasteiger partial charge in [-0.1, -0.05) is 18.7 Å². The van der Waals surface area contributed by atoms with Crippen molar-refractivity contribution in [3.8, 4) is 0 Å². The molecule has 0 spiro atoms. The largest absolute Gasteiger partial charge is 0.394 e. The topological polar surface area (TPSA) is 45.1 Å². The summed E-state index contributed by atoms with van der Waals surface area (Å²) in [4.78, 5) is 4.28. The Morgan fingerprint density at radius 2 is 2.47 bits per heavy atom. The zero-order chi connectivity index (χ0) is 12.3. The van der Waals surface area contributed by atoms with Crippen LogP contribution in [0, 0.1) is 0 Å². The van der Waals surface area contributed by atoms with E-state index in [9.17, 15) is 5.11 Å². The fourth-order valence-corrected chi connectivity index (χ4v) is 4.17. The van der Waals surface area contributed by atoms with E-state index in [1.54, 1.807) is 23.1 Å². The van der Waals surface area contributed by atoms with Crippen molar-refractivity contribution in [3.63, 3.8) is 0 Å². The van der Waals surface area contributed by atoms with E-state index in [0.29, 0.717) is 11.3 Å². The Morgan fingerprint density at radius 3 is 3.00 bits per heavy atom. The molecule has 2 rings (SSSR count).